The average Bonchev–Trinajstić information content (AvgIpc) is 2.63. The molecule has 2 aromatic carbocycles. The maximum absolute atomic E-state index is 12.3. The number of nitrogens with one attached hydrogen (secondary N) is 3. The van der Waals surface area contributed by atoms with Gasteiger partial charge in [-0.2, -0.15) is 0 Å². The molecule has 0 heterocycles. The third-order valence-corrected chi connectivity index (χ3v) is 6.72. The van der Waals surface area contributed by atoms with E-state index in [1.165, 1.54) is 12.1 Å². The first-order valence-corrected chi connectivity index (χ1v) is 11.3. The van der Waals surface area contributed by atoms with Crippen LogP contribution in [0.1, 0.15) is 36.2 Å². The van der Waals surface area contributed by atoms with Crippen LogP contribution in [0, 0.1) is 6.92 Å². The zero-order valence-corrected chi connectivity index (χ0v) is 19.0. The van der Waals surface area contributed by atoms with Crippen molar-refractivity contribution in [1.82, 2.24) is 10.0 Å². The standard InChI is InChI=1S/C19H22BrN3O3S2/c1-4-13(3)23-28(25,26)16-9-7-15(8-10-16)21-19(27)22-18(24)14-6-5-12(2)17(20)11-14/h5-11,13,23H,4H2,1-3H3,(H2,21,22,24,27). The third-order valence-electron chi connectivity index (χ3n) is 4.05. The van der Waals surface area contributed by atoms with Crippen LogP contribution in [0.15, 0.2) is 51.8 Å². The van der Waals surface area contributed by atoms with E-state index in [1.807, 2.05) is 19.9 Å². The number of sulfonamides is 1. The van der Waals surface area contributed by atoms with E-state index in [9.17, 15) is 13.2 Å². The van der Waals surface area contributed by atoms with Gasteiger partial charge in [0.2, 0.25) is 10.0 Å². The zero-order valence-electron chi connectivity index (χ0n) is 15.7. The molecule has 0 aliphatic carbocycles. The van der Waals surface area contributed by atoms with Gasteiger partial charge >= 0.3 is 0 Å². The van der Waals surface area contributed by atoms with Crippen molar-refractivity contribution in [3.8, 4) is 0 Å². The molecule has 0 fully saturated rings. The lowest BCUT2D eigenvalue weighted by Crippen LogP contribution is -2.34. The first-order chi connectivity index (χ1) is 13.1. The van der Waals surface area contributed by atoms with E-state index in [0.29, 0.717) is 17.7 Å². The Labute approximate surface area is 179 Å². The van der Waals surface area contributed by atoms with Crippen LogP contribution in [0.3, 0.4) is 0 Å². The zero-order chi connectivity index (χ0) is 20.9. The number of aryl methyl sites for hydroxylation is 1. The SMILES string of the molecule is CCC(C)NS(=O)(=O)c1ccc(NC(=S)NC(=O)c2ccc(C)c(Br)c2)cc1. The van der Waals surface area contributed by atoms with Gasteiger partial charge in [-0.05, 0) is 74.4 Å². The van der Waals surface area contributed by atoms with Crippen LogP contribution >= 0.6 is 28.1 Å². The molecule has 6 nitrogen and oxygen atoms in total. The van der Waals surface area contributed by atoms with Crippen molar-refractivity contribution >= 4 is 54.9 Å². The Morgan fingerprint density at radius 3 is 2.39 bits per heavy atom. The quantitative estimate of drug-likeness (QED) is 0.541. The van der Waals surface area contributed by atoms with Gasteiger partial charge in [0.05, 0.1) is 4.90 Å². The number of thiocarbonyl (C=S) groups is 1. The fourth-order valence-corrected chi connectivity index (χ4v) is 4.12. The van der Waals surface area contributed by atoms with Gasteiger partial charge in [-0.15, -0.1) is 0 Å². The van der Waals surface area contributed by atoms with Gasteiger partial charge in [0.15, 0.2) is 5.11 Å². The number of halogens is 1. The van der Waals surface area contributed by atoms with Gasteiger partial charge in [0.1, 0.15) is 0 Å². The van der Waals surface area contributed by atoms with Gasteiger partial charge in [0, 0.05) is 21.8 Å². The molecule has 0 saturated heterocycles. The number of hydrogen-bond donors (Lipinski definition) is 3. The highest BCUT2D eigenvalue weighted by molar-refractivity contribution is 9.10. The number of carbonyl (C=O) groups is 1. The van der Waals surface area contributed by atoms with Crippen molar-refractivity contribution in [2.45, 2.75) is 38.1 Å². The lowest BCUT2D eigenvalue weighted by Gasteiger charge is -2.13. The number of anilines is 1. The molecule has 0 spiro atoms. The predicted molar refractivity (Wildman–Crippen MR) is 119 cm³/mol. The van der Waals surface area contributed by atoms with E-state index >= 15 is 0 Å². The smallest absolute Gasteiger partial charge is 0.257 e. The molecule has 0 saturated carbocycles. The summed E-state index contributed by atoms with van der Waals surface area (Å²) in [6, 6.07) is 11.3. The molecule has 9 heteroatoms. The molecule has 1 atom stereocenters. The first kappa shape index (κ1) is 22.5. The summed E-state index contributed by atoms with van der Waals surface area (Å²) in [5.74, 6) is -0.338. The molecule has 0 aromatic heterocycles. The topological polar surface area (TPSA) is 87.3 Å². The Bertz CT molecular complexity index is 976. The lowest BCUT2D eigenvalue weighted by atomic mass is 10.1. The summed E-state index contributed by atoms with van der Waals surface area (Å²) in [7, 11) is -3.56. The fraction of sp³-hybridized carbons (Fsp3) is 0.263. The molecule has 2 rings (SSSR count). The van der Waals surface area contributed by atoms with E-state index in [-0.39, 0.29) is 22.0 Å². The van der Waals surface area contributed by atoms with Crippen LogP contribution in [-0.2, 0) is 10.0 Å². The van der Waals surface area contributed by atoms with Crippen LogP contribution in [0.5, 0.6) is 0 Å². The van der Waals surface area contributed by atoms with E-state index < -0.39 is 10.0 Å². The highest BCUT2D eigenvalue weighted by Crippen LogP contribution is 2.18. The summed E-state index contributed by atoms with van der Waals surface area (Å²) in [5, 5.41) is 5.59. The number of rotatable bonds is 6. The Balaban J connectivity index is 2.00. The maximum Gasteiger partial charge on any atom is 0.257 e. The fourth-order valence-electron chi connectivity index (χ4n) is 2.21. The summed E-state index contributed by atoms with van der Waals surface area (Å²) >= 11 is 8.56. The second-order valence-corrected chi connectivity index (χ2v) is 9.30. The summed E-state index contributed by atoms with van der Waals surface area (Å²) in [4.78, 5) is 12.4. The number of hydrogen-bond acceptors (Lipinski definition) is 4. The van der Waals surface area contributed by atoms with Crippen LogP contribution < -0.4 is 15.4 Å². The van der Waals surface area contributed by atoms with Gasteiger partial charge in [0.25, 0.3) is 5.91 Å². The van der Waals surface area contributed by atoms with Crippen molar-refractivity contribution < 1.29 is 13.2 Å². The Hall–Kier alpha value is -1.81. The molecule has 0 aliphatic heterocycles. The summed E-state index contributed by atoms with van der Waals surface area (Å²) in [6.45, 7) is 5.65. The summed E-state index contributed by atoms with van der Waals surface area (Å²) in [6.07, 6.45) is 0.699. The normalized spacial score (nSPS) is 12.3. The first-order valence-electron chi connectivity index (χ1n) is 8.63. The minimum atomic E-state index is -3.56. The molecular weight excluding hydrogens is 462 g/mol. The number of carbonyl (C=O) groups excluding carboxylic acids is 1. The molecule has 0 aliphatic rings. The molecule has 1 unspecified atom stereocenters. The second-order valence-electron chi connectivity index (χ2n) is 6.33. The molecule has 28 heavy (non-hydrogen) atoms. The van der Waals surface area contributed by atoms with Crippen molar-refractivity contribution in [3.63, 3.8) is 0 Å². The van der Waals surface area contributed by atoms with E-state index in [2.05, 4.69) is 31.3 Å². The molecule has 2 aromatic rings. The van der Waals surface area contributed by atoms with Crippen LogP contribution in [0.4, 0.5) is 5.69 Å². The number of benzene rings is 2. The second kappa shape index (κ2) is 9.60. The molecule has 0 radical (unpaired) electrons. The van der Waals surface area contributed by atoms with Crippen LogP contribution in [0.2, 0.25) is 0 Å². The van der Waals surface area contributed by atoms with Gasteiger partial charge in [-0.3, -0.25) is 10.1 Å². The van der Waals surface area contributed by atoms with Gasteiger partial charge in [-0.25, -0.2) is 13.1 Å². The molecule has 3 N–H and O–H groups in total. The monoisotopic (exact) mass is 483 g/mol. The largest absolute Gasteiger partial charge is 0.332 e. The molecule has 1 amide bonds. The number of amides is 1. The van der Waals surface area contributed by atoms with E-state index in [4.69, 9.17) is 12.2 Å². The van der Waals surface area contributed by atoms with Crippen molar-refractivity contribution in [2.75, 3.05) is 5.32 Å². The van der Waals surface area contributed by atoms with Crippen molar-refractivity contribution in [1.29, 1.82) is 0 Å². The van der Waals surface area contributed by atoms with E-state index in [1.54, 1.807) is 31.2 Å². The minimum Gasteiger partial charge on any atom is -0.332 e. The summed E-state index contributed by atoms with van der Waals surface area (Å²) in [5.41, 5.74) is 2.06. The minimum absolute atomic E-state index is 0.120. The van der Waals surface area contributed by atoms with Gasteiger partial charge in [-0.1, -0.05) is 28.9 Å². The van der Waals surface area contributed by atoms with Crippen LogP contribution in [-0.4, -0.2) is 25.5 Å². The highest BCUT2D eigenvalue weighted by Gasteiger charge is 2.16. The van der Waals surface area contributed by atoms with Gasteiger partial charge < -0.3 is 5.32 Å². The Kier molecular flexibility index (Phi) is 7.70. The highest BCUT2D eigenvalue weighted by atomic mass is 79.9. The van der Waals surface area contributed by atoms with E-state index in [0.717, 1.165) is 10.0 Å². The predicted octanol–water partition coefficient (Wildman–Crippen LogP) is 3.96. The lowest BCUT2D eigenvalue weighted by molar-refractivity contribution is 0.0977. The molecule has 150 valence electrons. The third kappa shape index (κ3) is 6.10. The Morgan fingerprint density at radius 2 is 1.82 bits per heavy atom. The van der Waals surface area contributed by atoms with Crippen molar-refractivity contribution in [2.24, 2.45) is 0 Å². The Morgan fingerprint density at radius 1 is 1.18 bits per heavy atom. The maximum atomic E-state index is 12.3. The van der Waals surface area contributed by atoms with Crippen molar-refractivity contribution in [3.05, 3.63) is 58.1 Å². The molecular formula is C19H22BrN3O3S2. The average molecular weight is 484 g/mol. The van der Waals surface area contributed by atoms with Crippen LogP contribution in [0.25, 0.3) is 0 Å². The summed E-state index contributed by atoms with van der Waals surface area (Å²) < 4.78 is 28.0. The molecule has 0 bridgehead atoms.